The van der Waals surface area contributed by atoms with Crippen LogP contribution in [-0.2, 0) is 7.05 Å². The van der Waals surface area contributed by atoms with Crippen LogP contribution in [0.1, 0.15) is 89.1 Å². The minimum atomic E-state index is 0.484. The third kappa shape index (κ3) is 2.14. The molecule has 1 heterocycles. The van der Waals surface area contributed by atoms with Gasteiger partial charge in [0.05, 0.1) is 0 Å². The Labute approximate surface area is 159 Å². The average molecular weight is 353 g/mol. The van der Waals surface area contributed by atoms with E-state index in [0.29, 0.717) is 16.7 Å². The molecule has 26 heavy (non-hydrogen) atoms. The first-order valence-corrected chi connectivity index (χ1v) is 11.1. The van der Waals surface area contributed by atoms with Crippen LogP contribution >= 0.6 is 0 Å². The van der Waals surface area contributed by atoms with E-state index in [1.165, 1.54) is 69.3 Å². The molecule has 142 valence electrons. The highest BCUT2D eigenvalue weighted by Crippen LogP contribution is 2.67. The Hall–Kier alpha value is -1.05. The van der Waals surface area contributed by atoms with E-state index in [0.717, 1.165) is 17.8 Å². The van der Waals surface area contributed by atoms with Gasteiger partial charge in [0.15, 0.2) is 0 Å². The van der Waals surface area contributed by atoms with Gasteiger partial charge in [-0.05, 0) is 86.9 Å². The predicted molar refractivity (Wildman–Crippen MR) is 107 cm³/mol. The zero-order chi connectivity index (χ0) is 18.1. The molecule has 0 amide bonds. The quantitative estimate of drug-likeness (QED) is 0.553. The highest BCUT2D eigenvalue weighted by Gasteiger charge is 2.58. The number of aromatic nitrogens is 2. The SMILES string of the molecule is Cc1ncc([C@@H]2CC[C@@H]3[C@@H]4CC=C5CCCC[C@]5(C)[C@H]4CC[C@@]32C)n1C. The van der Waals surface area contributed by atoms with Crippen LogP contribution in [0.5, 0.6) is 0 Å². The van der Waals surface area contributed by atoms with Gasteiger partial charge in [-0.15, -0.1) is 0 Å². The average Bonchev–Trinajstić information content (AvgIpc) is 3.14. The van der Waals surface area contributed by atoms with Crippen molar-refractivity contribution in [3.63, 3.8) is 0 Å². The fraction of sp³-hybridized carbons (Fsp3) is 0.792. The minimum absolute atomic E-state index is 0.484. The minimum Gasteiger partial charge on any atom is -0.335 e. The monoisotopic (exact) mass is 352 g/mol. The van der Waals surface area contributed by atoms with Crippen LogP contribution < -0.4 is 0 Å². The number of allylic oxidation sites excluding steroid dienone is 2. The summed E-state index contributed by atoms with van der Waals surface area (Å²) in [5.74, 6) is 4.68. The van der Waals surface area contributed by atoms with Crippen molar-refractivity contribution >= 4 is 0 Å². The lowest BCUT2D eigenvalue weighted by Gasteiger charge is -2.57. The normalized spacial score (nSPS) is 44.8. The number of imidazole rings is 1. The Kier molecular flexibility index (Phi) is 3.76. The Balaban J connectivity index is 1.49. The molecule has 0 radical (unpaired) electrons. The Morgan fingerprint density at radius 1 is 1.08 bits per heavy atom. The molecule has 0 bridgehead atoms. The molecule has 0 unspecified atom stereocenters. The highest BCUT2D eigenvalue weighted by atomic mass is 15.1. The summed E-state index contributed by atoms with van der Waals surface area (Å²) in [6.45, 7) is 7.41. The highest BCUT2D eigenvalue weighted by molar-refractivity contribution is 5.26. The van der Waals surface area contributed by atoms with Crippen molar-refractivity contribution in [3.05, 3.63) is 29.4 Å². The molecule has 0 N–H and O–H groups in total. The molecule has 1 aromatic rings. The molecule has 3 saturated carbocycles. The maximum Gasteiger partial charge on any atom is 0.105 e. The molecule has 1 aromatic heterocycles. The van der Waals surface area contributed by atoms with Crippen molar-refractivity contribution < 1.29 is 0 Å². The summed E-state index contributed by atoms with van der Waals surface area (Å²) in [5.41, 5.74) is 4.36. The summed E-state index contributed by atoms with van der Waals surface area (Å²) >= 11 is 0. The van der Waals surface area contributed by atoms with Gasteiger partial charge in [0.1, 0.15) is 5.82 Å². The zero-order valence-electron chi connectivity index (χ0n) is 17.2. The summed E-state index contributed by atoms with van der Waals surface area (Å²) in [4.78, 5) is 4.63. The summed E-state index contributed by atoms with van der Waals surface area (Å²) in [6.07, 6.45) is 17.7. The molecule has 3 fully saturated rings. The second-order valence-electron chi connectivity index (χ2n) is 10.4. The van der Waals surface area contributed by atoms with Gasteiger partial charge in [0.25, 0.3) is 0 Å². The topological polar surface area (TPSA) is 17.8 Å². The molecule has 6 atom stereocenters. The van der Waals surface area contributed by atoms with E-state index in [-0.39, 0.29) is 0 Å². The smallest absolute Gasteiger partial charge is 0.105 e. The standard InChI is InChI=1S/C24H36N2/c1-16-25-15-22(26(16)4)21-11-10-19-18-9-8-17-7-5-6-13-23(17,2)20(18)12-14-24(19,21)3/h8,15,18-21H,5-7,9-14H2,1-4H3/t18-,19+,20-,21-,23-,24-/m0/s1. The number of aryl methyl sites for hydroxylation is 1. The van der Waals surface area contributed by atoms with Crippen LogP contribution in [0.15, 0.2) is 17.8 Å². The van der Waals surface area contributed by atoms with Gasteiger partial charge in [-0.3, -0.25) is 0 Å². The number of hydrogen-bond donors (Lipinski definition) is 0. The lowest BCUT2D eigenvalue weighted by molar-refractivity contribution is -0.0313. The molecular weight excluding hydrogens is 316 g/mol. The Bertz CT molecular complexity index is 743. The molecule has 4 aliphatic carbocycles. The van der Waals surface area contributed by atoms with Crippen molar-refractivity contribution in [2.45, 2.75) is 84.5 Å². The third-order valence-electron chi connectivity index (χ3n) is 9.63. The number of nitrogens with zero attached hydrogens (tertiary/aromatic N) is 2. The van der Waals surface area contributed by atoms with Crippen LogP contribution in [0.2, 0.25) is 0 Å². The van der Waals surface area contributed by atoms with Gasteiger partial charge >= 0.3 is 0 Å². The lowest BCUT2D eigenvalue weighted by Crippen LogP contribution is -2.49. The maximum absolute atomic E-state index is 4.63. The van der Waals surface area contributed by atoms with Crippen LogP contribution in [-0.4, -0.2) is 9.55 Å². The first-order valence-electron chi connectivity index (χ1n) is 11.1. The van der Waals surface area contributed by atoms with Gasteiger partial charge < -0.3 is 4.57 Å². The second kappa shape index (κ2) is 5.72. The van der Waals surface area contributed by atoms with Gasteiger partial charge in [-0.1, -0.05) is 31.9 Å². The van der Waals surface area contributed by atoms with Crippen molar-refractivity contribution in [3.8, 4) is 0 Å². The lowest BCUT2D eigenvalue weighted by atomic mass is 9.47. The molecule has 0 spiro atoms. The molecule has 0 aromatic carbocycles. The van der Waals surface area contributed by atoms with Crippen molar-refractivity contribution in [1.82, 2.24) is 9.55 Å². The van der Waals surface area contributed by atoms with Crippen molar-refractivity contribution in [2.75, 3.05) is 0 Å². The first-order chi connectivity index (χ1) is 12.4. The Morgan fingerprint density at radius 2 is 1.92 bits per heavy atom. The molecule has 2 nitrogen and oxygen atoms in total. The van der Waals surface area contributed by atoms with E-state index >= 15 is 0 Å². The fourth-order valence-corrected chi connectivity index (χ4v) is 8.03. The molecule has 2 heteroatoms. The van der Waals surface area contributed by atoms with E-state index < -0.39 is 0 Å². The number of hydrogen-bond acceptors (Lipinski definition) is 1. The van der Waals surface area contributed by atoms with Crippen LogP contribution in [0.4, 0.5) is 0 Å². The van der Waals surface area contributed by atoms with E-state index in [2.05, 4.69) is 49.6 Å². The van der Waals surface area contributed by atoms with Gasteiger partial charge in [-0.2, -0.15) is 0 Å². The maximum atomic E-state index is 4.63. The molecular formula is C24H36N2. The molecule has 0 aliphatic heterocycles. The van der Waals surface area contributed by atoms with E-state index in [1.807, 2.05) is 5.57 Å². The molecule has 4 aliphatic rings. The van der Waals surface area contributed by atoms with Crippen LogP contribution in [0.3, 0.4) is 0 Å². The fourth-order valence-electron chi connectivity index (χ4n) is 8.03. The summed E-state index contributed by atoms with van der Waals surface area (Å²) < 4.78 is 2.37. The van der Waals surface area contributed by atoms with Gasteiger partial charge in [0.2, 0.25) is 0 Å². The van der Waals surface area contributed by atoms with Gasteiger partial charge in [0, 0.05) is 24.9 Å². The summed E-state index contributed by atoms with van der Waals surface area (Å²) in [6, 6.07) is 0. The van der Waals surface area contributed by atoms with Crippen molar-refractivity contribution in [1.29, 1.82) is 0 Å². The molecule has 0 saturated heterocycles. The first kappa shape index (κ1) is 17.1. The number of fused-ring (bicyclic) bond motifs is 5. The molecule has 5 rings (SSSR count). The largest absolute Gasteiger partial charge is 0.335 e. The number of rotatable bonds is 1. The van der Waals surface area contributed by atoms with Crippen LogP contribution in [0.25, 0.3) is 0 Å². The predicted octanol–water partition coefficient (Wildman–Crippen LogP) is 6.17. The summed E-state index contributed by atoms with van der Waals surface area (Å²) in [5, 5.41) is 0. The Morgan fingerprint density at radius 3 is 2.69 bits per heavy atom. The van der Waals surface area contributed by atoms with Crippen molar-refractivity contribution in [2.24, 2.45) is 35.6 Å². The summed E-state index contributed by atoms with van der Waals surface area (Å²) in [7, 11) is 2.22. The zero-order valence-corrected chi connectivity index (χ0v) is 17.2. The third-order valence-corrected chi connectivity index (χ3v) is 9.63. The van der Waals surface area contributed by atoms with E-state index in [1.54, 1.807) is 0 Å². The van der Waals surface area contributed by atoms with Crippen LogP contribution in [0, 0.1) is 35.5 Å². The van der Waals surface area contributed by atoms with Gasteiger partial charge in [-0.25, -0.2) is 4.98 Å². The second-order valence-corrected chi connectivity index (χ2v) is 10.4. The van der Waals surface area contributed by atoms with E-state index in [4.69, 9.17) is 0 Å². The van der Waals surface area contributed by atoms with E-state index in [9.17, 15) is 0 Å².